The van der Waals surface area contributed by atoms with Crippen molar-refractivity contribution in [2.75, 3.05) is 7.11 Å². The van der Waals surface area contributed by atoms with Crippen molar-refractivity contribution in [1.82, 2.24) is 0 Å². The van der Waals surface area contributed by atoms with Crippen molar-refractivity contribution >= 4 is 0 Å². The molecule has 2 rings (SSSR count). The van der Waals surface area contributed by atoms with Gasteiger partial charge in [0.25, 0.3) is 0 Å². The van der Waals surface area contributed by atoms with E-state index in [0.717, 1.165) is 29.3 Å². The molecule has 1 aromatic heterocycles. The van der Waals surface area contributed by atoms with Crippen LogP contribution < -0.4 is 4.74 Å². The van der Waals surface area contributed by atoms with Crippen LogP contribution >= 0.6 is 0 Å². The highest BCUT2D eigenvalue weighted by Gasteiger charge is 2.05. The number of furan rings is 1. The standard InChI is InChI=1S/C16H20O2/c1-3-4-5-8-14-10-11-16(18-14)13-7-6-9-15(12-13)17-2/h6-7,9-12H,3-5,8H2,1-2H3. The molecule has 2 nitrogen and oxygen atoms in total. The monoisotopic (exact) mass is 244 g/mol. The average Bonchev–Trinajstić information content (AvgIpc) is 2.88. The topological polar surface area (TPSA) is 22.4 Å². The maximum atomic E-state index is 5.86. The molecule has 0 atom stereocenters. The van der Waals surface area contributed by atoms with Crippen LogP contribution in [0.5, 0.6) is 5.75 Å². The van der Waals surface area contributed by atoms with E-state index in [9.17, 15) is 0 Å². The SMILES string of the molecule is CCCCCc1ccc(-c2cccc(OC)c2)o1. The van der Waals surface area contributed by atoms with Gasteiger partial charge in [-0.3, -0.25) is 0 Å². The molecule has 2 aromatic rings. The Hall–Kier alpha value is -1.70. The zero-order chi connectivity index (χ0) is 12.8. The van der Waals surface area contributed by atoms with E-state index in [0.29, 0.717) is 0 Å². The van der Waals surface area contributed by atoms with E-state index in [1.54, 1.807) is 7.11 Å². The minimum absolute atomic E-state index is 0.858. The summed E-state index contributed by atoms with van der Waals surface area (Å²) in [5, 5.41) is 0. The number of benzene rings is 1. The van der Waals surface area contributed by atoms with Gasteiger partial charge in [0.05, 0.1) is 7.11 Å². The van der Waals surface area contributed by atoms with E-state index in [4.69, 9.17) is 9.15 Å². The first-order valence-corrected chi connectivity index (χ1v) is 6.56. The third-order valence-electron chi connectivity index (χ3n) is 3.04. The Kier molecular flexibility index (Phi) is 4.46. The second-order valence-corrected chi connectivity index (χ2v) is 4.46. The average molecular weight is 244 g/mol. The Bertz CT molecular complexity index is 485. The minimum Gasteiger partial charge on any atom is -0.497 e. The zero-order valence-corrected chi connectivity index (χ0v) is 11.1. The van der Waals surface area contributed by atoms with Crippen molar-refractivity contribution in [1.29, 1.82) is 0 Å². The molecular weight excluding hydrogens is 224 g/mol. The van der Waals surface area contributed by atoms with Crippen molar-refractivity contribution < 1.29 is 9.15 Å². The number of unbranched alkanes of at least 4 members (excludes halogenated alkanes) is 2. The van der Waals surface area contributed by atoms with Crippen LogP contribution in [0.25, 0.3) is 11.3 Å². The highest BCUT2D eigenvalue weighted by atomic mass is 16.5. The minimum atomic E-state index is 0.858. The fourth-order valence-electron chi connectivity index (χ4n) is 1.99. The summed E-state index contributed by atoms with van der Waals surface area (Å²) >= 11 is 0. The highest BCUT2D eigenvalue weighted by molar-refractivity contribution is 5.59. The molecule has 18 heavy (non-hydrogen) atoms. The summed E-state index contributed by atoms with van der Waals surface area (Å²) in [7, 11) is 1.68. The molecule has 0 fully saturated rings. The number of hydrogen-bond acceptors (Lipinski definition) is 2. The number of hydrogen-bond donors (Lipinski definition) is 0. The van der Waals surface area contributed by atoms with Crippen molar-refractivity contribution in [3.63, 3.8) is 0 Å². The summed E-state index contributed by atoms with van der Waals surface area (Å²) in [5.74, 6) is 2.85. The van der Waals surface area contributed by atoms with Crippen LogP contribution in [-0.4, -0.2) is 7.11 Å². The largest absolute Gasteiger partial charge is 0.497 e. The third-order valence-corrected chi connectivity index (χ3v) is 3.04. The molecule has 96 valence electrons. The Labute approximate surface area is 109 Å². The lowest BCUT2D eigenvalue weighted by Crippen LogP contribution is -1.83. The molecule has 0 bridgehead atoms. The molecule has 0 aliphatic carbocycles. The normalized spacial score (nSPS) is 10.6. The summed E-state index contributed by atoms with van der Waals surface area (Å²) in [6.45, 7) is 2.21. The summed E-state index contributed by atoms with van der Waals surface area (Å²) < 4.78 is 11.1. The van der Waals surface area contributed by atoms with Crippen molar-refractivity contribution in [2.45, 2.75) is 32.6 Å². The molecular formula is C16H20O2. The van der Waals surface area contributed by atoms with E-state index < -0.39 is 0 Å². The first-order valence-electron chi connectivity index (χ1n) is 6.56. The Morgan fingerprint density at radius 1 is 1.11 bits per heavy atom. The van der Waals surface area contributed by atoms with Crippen LogP contribution in [0.1, 0.15) is 31.9 Å². The first kappa shape index (κ1) is 12.7. The van der Waals surface area contributed by atoms with Crippen molar-refractivity contribution in [3.05, 3.63) is 42.2 Å². The van der Waals surface area contributed by atoms with Gasteiger partial charge in [-0.1, -0.05) is 31.9 Å². The van der Waals surface area contributed by atoms with Gasteiger partial charge in [0.2, 0.25) is 0 Å². The maximum absolute atomic E-state index is 5.86. The van der Waals surface area contributed by atoms with Crippen LogP contribution in [0.2, 0.25) is 0 Å². The maximum Gasteiger partial charge on any atom is 0.134 e. The third kappa shape index (κ3) is 3.16. The number of rotatable bonds is 6. The number of ether oxygens (including phenoxy) is 1. The van der Waals surface area contributed by atoms with Crippen LogP contribution in [0.4, 0.5) is 0 Å². The molecule has 0 radical (unpaired) electrons. The lowest BCUT2D eigenvalue weighted by molar-refractivity contribution is 0.414. The Morgan fingerprint density at radius 3 is 2.78 bits per heavy atom. The molecule has 0 unspecified atom stereocenters. The summed E-state index contributed by atoms with van der Waals surface area (Å²) in [4.78, 5) is 0. The molecule has 0 saturated carbocycles. The van der Waals surface area contributed by atoms with Gasteiger partial charge < -0.3 is 9.15 Å². The van der Waals surface area contributed by atoms with E-state index in [1.807, 2.05) is 30.3 Å². The van der Waals surface area contributed by atoms with Gasteiger partial charge in [-0.25, -0.2) is 0 Å². The van der Waals surface area contributed by atoms with Crippen LogP contribution in [0, 0.1) is 0 Å². The molecule has 1 aromatic carbocycles. The molecule has 0 spiro atoms. The van der Waals surface area contributed by atoms with E-state index >= 15 is 0 Å². The van der Waals surface area contributed by atoms with Gasteiger partial charge in [0, 0.05) is 12.0 Å². The zero-order valence-electron chi connectivity index (χ0n) is 11.1. The van der Waals surface area contributed by atoms with Gasteiger partial charge in [0.15, 0.2) is 0 Å². The molecule has 0 aliphatic heterocycles. The number of aryl methyl sites for hydroxylation is 1. The molecule has 2 heteroatoms. The second kappa shape index (κ2) is 6.29. The van der Waals surface area contributed by atoms with Gasteiger partial charge in [-0.15, -0.1) is 0 Å². The molecule has 1 heterocycles. The van der Waals surface area contributed by atoms with E-state index in [-0.39, 0.29) is 0 Å². The predicted octanol–water partition coefficient (Wildman–Crippen LogP) is 4.69. The first-order chi connectivity index (χ1) is 8.83. The molecule has 0 aliphatic rings. The van der Waals surface area contributed by atoms with Gasteiger partial charge in [-0.05, 0) is 30.7 Å². The molecule has 0 saturated heterocycles. The fraction of sp³-hybridized carbons (Fsp3) is 0.375. The quantitative estimate of drug-likeness (QED) is 0.688. The fourth-order valence-corrected chi connectivity index (χ4v) is 1.99. The van der Waals surface area contributed by atoms with Gasteiger partial charge in [-0.2, -0.15) is 0 Å². The van der Waals surface area contributed by atoms with E-state index in [2.05, 4.69) is 13.0 Å². The Morgan fingerprint density at radius 2 is 2.00 bits per heavy atom. The van der Waals surface area contributed by atoms with Gasteiger partial charge in [0.1, 0.15) is 17.3 Å². The summed E-state index contributed by atoms with van der Waals surface area (Å²) in [5.41, 5.74) is 1.07. The predicted molar refractivity (Wildman–Crippen MR) is 73.9 cm³/mol. The molecule has 0 amide bonds. The van der Waals surface area contributed by atoms with Crippen LogP contribution in [0.3, 0.4) is 0 Å². The Balaban J connectivity index is 2.08. The van der Waals surface area contributed by atoms with Crippen molar-refractivity contribution in [2.24, 2.45) is 0 Å². The van der Waals surface area contributed by atoms with E-state index in [1.165, 1.54) is 19.3 Å². The number of methoxy groups -OCH3 is 1. The molecule has 0 N–H and O–H groups in total. The van der Waals surface area contributed by atoms with Crippen LogP contribution in [-0.2, 0) is 6.42 Å². The second-order valence-electron chi connectivity index (χ2n) is 4.46. The van der Waals surface area contributed by atoms with Crippen LogP contribution in [0.15, 0.2) is 40.8 Å². The highest BCUT2D eigenvalue weighted by Crippen LogP contribution is 2.26. The smallest absolute Gasteiger partial charge is 0.134 e. The lowest BCUT2D eigenvalue weighted by atomic mass is 10.1. The summed E-state index contributed by atoms with van der Waals surface area (Å²) in [6.07, 6.45) is 4.72. The summed E-state index contributed by atoms with van der Waals surface area (Å²) in [6, 6.07) is 12.1. The van der Waals surface area contributed by atoms with Crippen molar-refractivity contribution in [3.8, 4) is 17.1 Å². The van der Waals surface area contributed by atoms with Gasteiger partial charge >= 0.3 is 0 Å². The lowest BCUT2D eigenvalue weighted by Gasteiger charge is -2.02.